The third-order valence-electron chi connectivity index (χ3n) is 2.71. The highest BCUT2D eigenvalue weighted by Crippen LogP contribution is 2.30. The van der Waals surface area contributed by atoms with E-state index in [1.807, 2.05) is 12.3 Å². The van der Waals surface area contributed by atoms with Crippen LogP contribution in [-0.4, -0.2) is 16.4 Å². The van der Waals surface area contributed by atoms with Crippen molar-refractivity contribution in [2.24, 2.45) is 4.99 Å². The van der Waals surface area contributed by atoms with Gasteiger partial charge in [-0.1, -0.05) is 29.9 Å². The van der Waals surface area contributed by atoms with Crippen LogP contribution in [0.5, 0.6) is 0 Å². The second kappa shape index (κ2) is 6.93. The molecule has 0 bridgehead atoms. The number of nitrogens with zero attached hydrogens (tertiary/aromatic N) is 3. The molecule has 0 aromatic carbocycles. The first-order valence-corrected chi connectivity index (χ1v) is 8.42. The fraction of sp³-hybridized carbons (Fsp3) is 0.308. The molecular weight excluding hydrogens is 312 g/mol. The van der Waals surface area contributed by atoms with Gasteiger partial charge >= 0.3 is 0 Å². The molecule has 1 N–H and O–H groups in total. The topological polar surface area (TPSA) is 61.1 Å². The second-order valence-corrected chi connectivity index (χ2v) is 6.23. The molecule has 4 nitrogen and oxygen atoms in total. The summed E-state index contributed by atoms with van der Waals surface area (Å²) in [6, 6.07) is 2.08. The third kappa shape index (κ3) is 3.63. The molecule has 1 aliphatic heterocycles. The number of allylic oxidation sites excluding steroid dienone is 2. The van der Waals surface area contributed by atoms with Gasteiger partial charge in [0.1, 0.15) is 16.1 Å². The Balaban J connectivity index is 2.23. The van der Waals surface area contributed by atoms with Crippen LogP contribution in [-0.2, 0) is 0 Å². The first-order chi connectivity index (χ1) is 9.66. The van der Waals surface area contributed by atoms with Crippen molar-refractivity contribution in [2.45, 2.75) is 19.8 Å². The van der Waals surface area contributed by atoms with Crippen molar-refractivity contribution in [3.63, 3.8) is 0 Å². The Bertz CT molecular complexity index is 637. The number of halogens is 1. The number of aromatic nitrogens is 1. The van der Waals surface area contributed by atoms with Gasteiger partial charge in [0.05, 0.1) is 11.2 Å². The van der Waals surface area contributed by atoms with Crippen LogP contribution < -0.4 is 5.32 Å². The zero-order valence-corrected chi connectivity index (χ0v) is 13.5. The molecule has 0 atom stereocenters. The highest BCUT2D eigenvalue weighted by molar-refractivity contribution is 8.02. The van der Waals surface area contributed by atoms with E-state index in [4.69, 9.17) is 16.9 Å². The van der Waals surface area contributed by atoms with E-state index < -0.39 is 0 Å². The van der Waals surface area contributed by atoms with Crippen LogP contribution in [0, 0.1) is 11.3 Å². The predicted octanol–water partition coefficient (Wildman–Crippen LogP) is 4.34. The molecule has 2 rings (SSSR count). The lowest BCUT2D eigenvalue weighted by Crippen LogP contribution is -2.01. The summed E-state index contributed by atoms with van der Waals surface area (Å²) in [6.07, 6.45) is 7.05. The predicted molar refractivity (Wildman–Crippen MR) is 87.3 cm³/mol. The lowest BCUT2D eigenvalue weighted by molar-refractivity contribution is 0.983. The van der Waals surface area contributed by atoms with Crippen LogP contribution in [0.1, 0.15) is 24.6 Å². The molecule has 20 heavy (non-hydrogen) atoms. The number of aliphatic imine (C=N–C) groups is 1. The molecule has 1 aromatic rings. The normalized spacial score (nSPS) is 15.3. The van der Waals surface area contributed by atoms with Crippen molar-refractivity contribution in [2.75, 3.05) is 11.6 Å². The molecule has 7 heteroatoms. The maximum absolute atomic E-state index is 8.82. The summed E-state index contributed by atoms with van der Waals surface area (Å²) in [5.41, 5.74) is 2.18. The number of hydrogen-bond acceptors (Lipinski definition) is 6. The molecule has 0 saturated carbocycles. The van der Waals surface area contributed by atoms with E-state index in [-0.39, 0.29) is 0 Å². The number of thioether (sulfide) groups is 1. The van der Waals surface area contributed by atoms with Crippen LogP contribution in [0.3, 0.4) is 0 Å². The Morgan fingerprint density at radius 3 is 3.00 bits per heavy atom. The summed E-state index contributed by atoms with van der Waals surface area (Å²) in [5, 5.41) is 14.2. The van der Waals surface area contributed by atoms with Crippen molar-refractivity contribution in [1.29, 1.82) is 5.26 Å². The van der Waals surface area contributed by atoms with E-state index >= 15 is 0 Å². The van der Waals surface area contributed by atoms with Crippen LogP contribution in [0.4, 0.5) is 5.13 Å². The van der Waals surface area contributed by atoms with Crippen LogP contribution in [0.25, 0.3) is 0 Å². The zero-order chi connectivity index (χ0) is 14.5. The van der Waals surface area contributed by atoms with Crippen molar-refractivity contribution >= 4 is 45.0 Å². The molecule has 1 aliphatic rings. The van der Waals surface area contributed by atoms with E-state index in [2.05, 4.69) is 28.3 Å². The maximum Gasteiger partial charge on any atom is 0.188 e. The van der Waals surface area contributed by atoms with Crippen molar-refractivity contribution < 1.29 is 0 Å². The summed E-state index contributed by atoms with van der Waals surface area (Å²) in [4.78, 5) is 9.15. The number of nitrogens with one attached hydrogen (secondary N) is 1. The Hall–Kier alpha value is -1.29. The third-order valence-corrected chi connectivity index (χ3v) is 4.49. The van der Waals surface area contributed by atoms with Crippen LogP contribution >= 0.6 is 34.7 Å². The van der Waals surface area contributed by atoms with Gasteiger partial charge in [0.2, 0.25) is 0 Å². The van der Waals surface area contributed by atoms with Gasteiger partial charge in [-0.15, -0.1) is 11.8 Å². The molecule has 1 aromatic heterocycles. The molecule has 0 unspecified atom stereocenters. The molecular formula is C13H13ClN4S2. The largest absolute Gasteiger partial charge is 0.335 e. The Labute approximate surface area is 131 Å². The minimum atomic E-state index is 0.456. The number of hydrogen-bond donors (Lipinski definition) is 1. The zero-order valence-electron chi connectivity index (χ0n) is 11.1. The smallest absolute Gasteiger partial charge is 0.188 e. The van der Waals surface area contributed by atoms with Crippen molar-refractivity contribution in [3.8, 4) is 6.07 Å². The van der Waals surface area contributed by atoms with Gasteiger partial charge in [-0.2, -0.15) is 5.26 Å². The van der Waals surface area contributed by atoms with E-state index in [0.29, 0.717) is 15.2 Å². The Morgan fingerprint density at radius 1 is 1.60 bits per heavy atom. The summed E-state index contributed by atoms with van der Waals surface area (Å²) in [7, 11) is 0. The summed E-state index contributed by atoms with van der Waals surface area (Å²) in [6.45, 7) is 2.11. The van der Waals surface area contributed by atoms with Gasteiger partial charge in [-0.05, 0) is 24.3 Å². The summed E-state index contributed by atoms with van der Waals surface area (Å²) in [5.74, 6) is 0. The highest BCUT2D eigenvalue weighted by atomic mass is 35.5. The van der Waals surface area contributed by atoms with Gasteiger partial charge in [-0.3, -0.25) is 0 Å². The second-order valence-electron chi connectivity index (χ2n) is 4.01. The maximum atomic E-state index is 8.82. The molecule has 0 amide bonds. The molecule has 0 saturated heterocycles. The van der Waals surface area contributed by atoms with Gasteiger partial charge in [0.25, 0.3) is 0 Å². The minimum absolute atomic E-state index is 0.456. The lowest BCUT2D eigenvalue weighted by Gasteiger charge is -2.10. The van der Waals surface area contributed by atoms with E-state index in [1.165, 1.54) is 16.9 Å². The fourth-order valence-electron chi connectivity index (χ4n) is 1.78. The average Bonchev–Trinajstić information content (AvgIpc) is 2.83. The molecule has 0 aliphatic carbocycles. The highest BCUT2D eigenvalue weighted by Gasteiger charge is 2.13. The lowest BCUT2D eigenvalue weighted by atomic mass is 10.1. The van der Waals surface area contributed by atoms with Crippen molar-refractivity contribution in [1.82, 2.24) is 4.98 Å². The number of nitriles is 1. The molecule has 0 radical (unpaired) electrons. The van der Waals surface area contributed by atoms with E-state index in [9.17, 15) is 0 Å². The average molecular weight is 325 g/mol. The quantitative estimate of drug-likeness (QED) is 0.895. The van der Waals surface area contributed by atoms with Gasteiger partial charge in [0.15, 0.2) is 5.13 Å². The molecule has 0 spiro atoms. The van der Waals surface area contributed by atoms with Gasteiger partial charge in [0, 0.05) is 12.1 Å². The van der Waals surface area contributed by atoms with Crippen LogP contribution in [0.2, 0.25) is 0 Å². The molecule has 0 fully saturated rings. The Morgan fingerprint density at radius 2 is 2.40 bits per heavy atom. The SMILES string of the molecule is CCC1=C(SC)N=C(Cl)C=C(Nc2ncc(C#N)s2)C1. The fourth-order valence-corrected chi connectivity index (χ4v) is 3.38. The summed E-state index contributed by atoms with van der Waals surface area (Å²) < 4.78 is 0. The molecule has 2 heterocycles. The number of anilines is 1. The van der Waals surface area contributed by atoms with Gasteiger partial charge < -0.3 is 5.32 Å². The number of rotatable bonds is 4. The van der Waals surface area contributed by atoms with E-state index in [0.717, 1.165) is 23.6 Å². The monoisotopic (exact) mass is 324 g/mol. The summed E-state index contributed by atoms with van der Waals surface area (Å²) >= 11 is 9.05. The minimum Gasteiger partial charge on any atom is -0.335 e. The number of thiazole rings is 1. The van der Waals surface area contributed by atoms with Crippen molar-refractivity contribution in [3.05, 3.63) is 33.4 Å². The standard InChI is InChI=1S/C13H13ClN4S2/c1-3-8-4-9(5-11(14)18-12(8)19-2)17-13-16-7-10(6-15)20-13/h5,7H,3-4H2,1-2H3,(H,16,17). The first-order valence-electron chi connectivity index (χ1n) is 6.00. The Kier molecular flexibility index (Phi) is 5.24. The molecule has 104 valence electrons. The van der Waals surface area contributed by atoms with E-state index in [1.54, 1.807) is 18.0 Å². The van der Waals surface area contributed by atoms with Gasteiger partial charge in [-0.25, -0.2) is 9.98 Å². The van der Waals surface area contributed by atoms with Crippen LogP contribution in [0.15, 0.2) is 33.6 Å². The first kappa shape index (κ1) is 15.1.